The number of rotatable bonds is 8. The van der Waals surface area contributed by atoms with Crippen LogP contribution in [-0.2, 0) is 19.1 Å². The molecule has 0 saturated heterocycles. The van der Waals surface area contributed by atoms with Crippen molar-refractivity contribution in [3.63, 3.8) is 0 Å². The maximum absolute atomic E-state index is 11.6. The number of benzene rings is 1. The highest BCUT2D eigenvalue weighted by Crippen LogP contribution is 2.24. The second-order valence-corrected chi connectivity index (χ2v) is 6.70. The van der Waals surface area contributed by atoms with E-state index in [4.69, 9.17) is 32.7 Å². The molecule has 2 unspecified atom stereocenters. The van der Waals surface area contributed by atoms with Gasteiger partial charge in [0.05, 0.1) is 18.6 Å². The van der Waals surface area contributed by atoms with Gasteiger partial charge in [0.2, 0.25) is 0 Å². The van der Waals surface area contributed by atoms with Crippen LogP contribution < -0.4 is 0 Å². The van der Waals surface area contributed by atoms with Crippen molar-refractivity contribution in [2.24, 2.45) is 0 Å². The molecule has 0 bridgehead atoms. The molecule has 0 aliphatic rings. The van der Waals surface area contributed by atoms with Crippen molar-refractivity contribution in [3.8, 4) is 0 Å². The minimum Gasteiger partial charge on any atom is -0.466 e. The third-order valence-electron chi connectivity index (χ3n) is 3.24. The van der Waals surface area contributed by atoms with Gasteiger partial charge in [0.25, 0.3) is 0 Å². The lowest BCUT2D eigenvalue weighted by Gasteiger charge is -2.26. The molecule has 0 fully saturated rings. The molecule has 1 N–H and O–H groups in total. The Morgan fingerprint density at radius 1 is 1.36 bits per heavy atom. The molecular weight excluding hydrogens is 367 g/mol. The van der Waals surface area contributed by atoms with Gasteiger partial charge in [-0.2, -0.15) is 0 Å². The summed E-state index contributed by atoms with van der Waals surface area (Å²) in [5.41, 5.74) is -0.700. The van der Waals surface area contributed by atoms with Crippen LogP contribution in [0.15, 0.2) is 24.3 Å². The SMILES string of the molecule is CCOC(=O)CC(C)(O)CC(C=Cc1ccc(Cl)cc1Cl)OC(C)=O. The number of halogens is 2. The summed E-state index contributed by atoms with van der Waals surface area (Å²) >= 11 is 12.0. The van der Waals surface area contributed by atoms with E-state index < -0.39 is 23.6 Å². The van der Waals surface area contributed by atoms with E-state index in [-0.39, 0.29) is 19.4 Å². The van der Waals surface area contributed by atoms with Gasteiger partial charge >= 0.3 is 11.9 Å². The first kappa shape index (κ1) is 21.5. The molecule has 138 valence electrons. The van der Waals surface area contributed by atoms with Crippen molar-refractivity contribution in [2.45, 2.75) is 45.3 Å². The number of ether oxygens (including phenoxy) is 2. The van der Waals surface area contributed by atoms with Crippen LogP contribution >= 0.6 is 23.2 Å². The van der Waals surface area contributed by atoms with Crippen molar-refractivity contribution < 1.29 is 24.2 Å². The lowest BCUT2D eigenvalue weighted by atomic mass is 9.94. The van der Waals surface area contributed by atoms with Crippen molar-refractivity contribution in [1.82, 2.24) is 0 Å². The normalized spacial score (nSPS) is 14.8. The Labute approximate surface area is 157 Å². The van der Waals surface area contributed by atoms with E-state index in [1.807, 2.05) is 0 Å². The van der Waals surface area contributed by atoms with E-state index in [1.165, 1.54) is 13.8 Å². The van der Waals surface area contributed by atoms with Crippen molar-refractivity contribution >= 4 is 41.2 Å². The Morgan fingerprint density at radius 3 is 2.60 bits per heavy atom. The summed E-state index contributed by atoms with van der Waals surface area (Å²) in [5.74, 6) is -1.01. The summed E-state index contributed by atoms with van der Waals surface area (Å²) in [4.78, 5) is 22.9. The second kappa shape index (κ2) is 9.80. The standard InChI is InChI=1S/C18H22Cl2O5/c1-4-24-17(22)11-18(3,23)10-15(25-12(2)21)8-6-13-5-7-14(19)9-16(13)20/h5-9,15,23H,4,10-11H2,1-3H3. The number of hydrogen-bond acceptors (Lipinski definition) is 5. The smallest absolute Gasteiger partial charge is 0.308 e. The molecule has 1 rings (SSSR count). The first-order chi connectivity index (χ1) is 11.6. The van der Waals surface area contributed by atoms with Gasteiger partial charge in [-0.25, -0.2) is 0 Å². The molecule has 1 aromatic rings. The average Bonchev–Trinajstić information content (AvgIpc) is 2.44. The van der Waals surface area contributed by atoms with Gasteiger partial charge in [-0.05, 0) is 37.6 Å². The van der Waals surface area contributed by atoms with Gasteiger partial charge < -0.3 is 14.6 Å². The topological polar surface area (TPSA) is 72.8 Å². The van der Waals surface area contributed by atoms with Gasteiger partial charge in [-0.3, -0.25) is 9.59 Å². The Balaban J connectivity index is 2.87. The number of hydrogen-bond donors (Lipinski definition) is 1. The first-order valence-corrected chi connectivity index (χ1v) is 8.57. The molecule has 5 nitrogen and oxygen atoms in total. The number of carbonyl (C=O) groups excluding carboxylic acids is 2. The molecule has 0 spiro atoms. The summed E-state index contributed by atoms with van der Waals surface area (Å²) in [6, 6.07) is 5.01. The van der Waals surface area contributed by atoms with Crippen LogP contribution in [0.1, 0.15) is 39.2 Å². The third kappa shape index (κ3) is 8.38. The van der Waals surface area contributed by atoms with Gasteiger partial charge in [-0.1, -0.05) is 35.3 Å². The molecule has 0 radical (unpaired) electrons. The Hall–Kier alpha value is -1.56. The predicted molar refractivity (Wildman–Crippen MR) is 97.5 cm³/mol. The van der Waals surface area contributed by atoms with Gasteiger partial charge in [0.15, 0.2) is 0 Å². The van der Waals surface area contributed by atoms with E-state index in [0.717, 1.165) is 0 Å². The molecule has 0 heterocycles. The van der Waals surface area contributed by atoms with Crippen LogP contribution in [-0.4, -0.2) is 35.4 Å². The zero-order chi connectivity index (χ0) is 19.0. The van der Waals surface area contributed by atoms with Gasteiger partial charge in [-0.15, -0.1) is 0 Å². The van der Waals surface area contributed by atoms with Crippen LogP contribution in [0.5, 0.6) is 0 Å². The zero-order valence-electron chi connectivity index (χ0n) is 14.4. The van der Waals surface area contributed by atoms with Crippen molar-refractivity contribution in [3.05, 3.63) is 39.9 Å². The summed E-state index contributed by atoms with van der Waals surface area (Å²) in [5, 5.41) is 11.4. The minimum atomic E-state index is -1.39. The fraction of sp³-hybridized carbons (Fsp3) is 0.444. The van der Waals surface area contributed by atoms with Crippen molar-refractivity contribution in [2.75, 3.05) is 6.61 Å². The van der Waals surface area contributed by atoms with E-state index >= 15 is 0 Å². The summed E-state index contributed by atoms with van der Waals surface area (Å²) in [6.07, 6.45) is 2.39. The van der Waals surface area contributed by atoms with Crippen LogP contribution in [0.25, 0.3) is 6.08 Å². The van der Waals surface area contributed by atoms with Crippen LogP contribution in [0, 0.1) is 0 Å². The molecular formula is C18H22Cl2O5. The first-order valence-electron chi connectivity index (χ1n) is 7.81. The fourth-order valence-corrected chi connectivity index (χ4v) is 2.71. The maximum atomic E-state index is 11.6. The minimum absolute atomic E-state index is 0.0348. The van der Waals surface area contributed by atoms with Crippen molar-refractivity contribution in [1.29, 1.82) is 0 Å². The van der Waals surface area contributed by atoms with E-state index in [0.29, 0.717) is 15.6 Å². The quantitative estimate of drug-likeness (QED) is 0.680. The number of carbonyl (C=O) groups is 2. The predicted octanol–water partition coefficient (Wildman–Crippen LogP) is 4.03. The second-order valence-electron chi connectivity index (χ2n) is 5.86. The molecule has 25 heavy (non-hydrogen) atoms. The summed E-state index contributed by atoms with van der Waals surface area (Å²) in [6.45, 7) is 4.68. The monoisotopic (exact) mass is 388 g/mol. The molecule has 0 saturated carbocycles. The summed E-state index contributed by atoms with van der Waals surface area (Å²) in [7, 11) is 0. The Kier molecular flexibility index (Phi) is 8.42. The molecule has 7 heteroatoms. The zero-order valence-corrected chi connectivity index (χ0v) is 15.9. The lowest BCUT2D eigenvalue weighted by Crippen LogP contribution is -2.34. The Morgan fingerprint density at radius 2 is 2.04 bits per heavy atom. The average molecular weight is 389 g/mol. The molecule has 0 aliphatic heterocycles. The highest BCUT2D eigenvalue weighted by atomic mass is 35.5. The van der Waals surface area contributed by atoms with E-state index in [9.17, 15) is 14.7 Å². The highest BCUT2D eigenvalue weighted by Gasteiger charge is 2.29. The van der Waals surface area contributed by atoms with E-state index in [2.05, 4.69) is 0 Å². The fourth-order valence-electron chi connectivity index (χ4n) is 2.24. The Bertz CT molecular complexity index is 640. The van der Waals surface area contributed by atoms with Gasteiger partial charge in [0, 0.05) is 23.4 Å². The van der Waals surface area contributed by atoms with Crippen LogP contribution in [0.2, 0.25) is 10.0 Å². The molecule has 0 amide bonds. The number of esters is 2. The highest BCUT2D eigenvalue weighted by molar-refractivity contribution is 6.35. The number of aliphatic hydroxyl groups is 1. The van der Waals surface area contributed by atoms with E-state index in [1.54, 1.807) is 37.3 Å². The van der Waals surface area contributed by atoms with Crippen LogP contribution in [0.3, 0.4) is 0 Å². The molecule has 1 aromatic carbocycles. The van der Waals surface area contributed by atoms with Gasteiger partial charge in [0.1, 0.15) is 6.10 Å². The third-order valence-corrected chi connectivity index (χ3v) is 3.80. The summed E-state index contributed by atoms with van der Waals surface area (Å²) < 4.78 is 10.0. The molecule has 0 aromatic heterocycles. The lowest BCUT2D eigenvalue weighted by molar-refractivity contribution is -0.151. The molecule has 2 atom stereocenters. The van der Waals surface area contributed by atoms with Crippen LogP contribution in [0.4, 0.5) is 0 Å². The maximum Gasteiger partial charge on any atom is 0.308 e. The molecule has 0 aliphatic carbocycles. The largest absolute Gasteiger partial charge is 0.466 e.